The van der Waals surface area contributed by atoms with Gasteiger partial charge in [0.2, 0.25) is 5.95 Å². The van der Waals surface area contributed by atoms with E-state index in [1.54, 1.807) is 11.3 Å². The molecule has 2 aromatic rings. The highest BCUT2D eigenvalue weighted by Gasteiger charge is 2.16. The van der Waals surface area contributed by atoms with Crippen LogP contribution in [0.2, 0.25) is 0 Å². The molecule has 0 spiro atoms. The Morgan fingerprint density at radius 1 is 1.35 bits per heavy atom. The molecule has 0 bridgehead atoms. The summed E-state index contributed by atoms with van der Waals surface area (Å²) in [5.74, 6) is 1.03. The van der Waals surface area contributed by atoms with E-state index in [1.807, 2.05) is 0 Å². The Balaban J connectivity index is 1.73. The molecule has 0 amide bonds. The Morgan fingerprint density at radius 2 is 2.15 bits per heavy atom. The summed E-state index contributed by atoms with van der Waals surface area (Å²) >= 11 is 5.31. The molecule has 108 valence electrons. The van der Waals surface area contributed by atoms with E-state index in [0.717, 1.165) is 18.2 Å². The van der Waals surface area contributed by atoms with Crippen LogP contribution in [0.15, 0.2) is 22.1 Å². The van der Waals surface area contributed by atoms with Gasteiger partial charge in [-0.15, -0.1) is 11.3 Å². The van der Waals surface area contributed by atoms with Gasteiger partial charge in [0.15, 0.2) is 0 Å². The number of hydrogen-bond acceptors (Lipinski definition) is 3. The fourth-order valence-electron chi connectivity index (χ4n) is 2.82. The minimum atomic E-state index is 0.597. The van der Waals surface area contributed by atoms with Gasteiger partial charge < -0.3 is 9.88 Å². The summed E-state index contributed by atoms with van der Waals surface area (Å²) in [5, 5.41) is 3.64. The number of aryl methyl sites for hydroxylation is 1. The van der Waals surface area contributed by atoms with E-state index in [4.69, 9.17) is 0 Å². The van der Waals surface area contributed by atoms with Crippen molar-refractivity contribution >= 4 is 33.2 Å². The second-order valence-corrected chi connectivity index (χ2v) is 8.07. The monoisotopic (exact) mass is 353 g/mol. The van der Waals surface area contributed by atoms with Crippen LogP contribution < -0.4 is 5.32 Å². The molecule has 1 fully saturated rings. The van der Waals surface area contributed by atoms with Crippen molar-refractivity contribution in [3.05, 3.63) is 32.7 Å². The topological polar surface area (TPSA) is 29.9 Å². The lowest BCUT2D eigenvalue weighted by Crippen LogP contribution is -2.24. The Bertz CT molecular complexity index is 569. The Labute approximate surface area is 132 Å². The van der Waals surface area contributed by atoms with Gasteiger partial charge in [0.05, 0.1) is 16.0 Å². The van der Waals surface area contributed by atoms with Crippen molar-refractivity contribution in [2.24, 2.45) is 0 Å². The van der Waals surface area contributed by atoms with E-state index in [0.29, 0.717) is 6.04 Å². The van der Waals surface area contributed by atoms with E-state index in [1.165, 1.54) is 40.8 Å². The van der Waals surface area contributed by atoms with E-state index >= 15 is 0 Å². The number of rotatable bonds is 4. The average Bonchev–Trinajstić information content (AvgIpc) is 2.98. The van der Waals surface area contributed by atoms with Crippen LogP contribution in [0.1, 0.15) is 42.7 Å². The third-order valence-electron chi connectivity index (χ3n) is 3.79. The summed E-state index contributed by atoms with van der Waals surface area (Å²) in [5.41, 5.74) is 1.08. The molecule has 0 saturated heterocycles. The third-order valence-corrected chi connectivity index (χ3v) is 5.40. The molecule has 2 heterocycles. The van der Waals surface area contributed by atoms with Crippen molar-refractivity contribution < 1.29 is 0 Å². The van der Waals surface area contributed by atoms with Crippen LogP contribution in [-0.4, -0.2) is 15.6 Å². The van der Waals surface area contributed by atoms with Crippen molar-refractivity contribution in [1.82, 2.24) is 9.55 Å². The van der Waals surface area contributed by atoms with E-state index < -0.39 is 0 Å². The predicted octanol–water partition coefficient (Wildman–Crippen LogP) is 4.81. The zero-order valence-electron chi connectivity index (χ0n) is 11.7. The molecule has 1 aliphatic rings. The van der Waals surface area contributed by atoms with Crippen molar-refractivity contribution in [2.45, 2.75) is 51.6 Å². The molecule has 0 radical (unpaired) electrons. The maximum absolute atomic E-state index is 4.65. The molecule has 20 heavy (non-hydrogen) atoms. The lowest BCUT2D eigenvalue weighted by atomic mass is 9.96. The van der Waals surface area contributed by atoms with E-state index in [9.17, 15) is 0 Å². The van der Waals surface area contributed by atoms with Gasteiger partial charge in [-0.2, -0.15) is 0 Å². The fraction of sp³-hybridized carbons (Fsp3) is 0.533. The summed E-state index contributed by atoms with van der Waals surface area (Å²) in [6.45, 7) is 2.96. The summed E-state index contributed by atoms with van der Waals surface area (Å²) in [7, 11) is 0. The fourth-order valence-corrected chi connectivity index (χ4v) is 4.30. The minimum Gasteiger partial charge on any atom is -0.353 e. The smallest absolute Gasteiger partial charge is 0.203 e. The van der Waals surface area contributed by atoms with Gasteiger partial charge in [0.25, 0.3) is 0 Å². The minimum absolute atomic E-state index is 0.597. The third kappa shape index (κ3) is 3.44. The highest BCUT2D eigenvalue weighted by atomic mass is 79.9. The van der Waals surface area contributed by atoms with Gasteiger partial charge >= 0.3 is 0 Å². The molecule has 0 aromatic carbocycles. The van der Waals surface area contributed by atoms with Crippen LogP contribution in [0.3, 0.4) is 0 Å². The van der Waals surface area contributed by atoms with Gasteiger partial charge in [0, 0.05) is 17.1 Å². The predicted molar refractivity (Wildman–Crippen MR) is 88.6 cm³/mol. The molecule has 1 aliphatic carbocycles. The van der Waals surface area contributed by atoms with Crippen molar-refractivity contribution in [1.29, 1.82) is 0 Å². The standard InChI is InChI=1S/C15H20BrN3S/c1-11-9-19(10-13-7-8-14(16)20-13)15(17-11)18-12-5-3-2-4-6-12/h7-9,12H,2-6,10H2,1H3,(H,17,18). The first-order valence-electron chi connectivity index (χ1n) is 7.25. The van der Waals surface area contributed by atoms with Crippen molar-refractivity contribution in [2.75, 3.05) is 5.32 Å². The number of anilines is 1. The second kappa shape index (κ2) is 6.31. The number of thiophene rings is 1. The molecule has 2 aromatic heterocycles. The zero-order valence-corrected chi connectivity index (χ0v) is 14.1. The molecule has 0 atom stereocenters. The summed E-state index contributed by atoms with van der Waals surface area (Å²) in [6.07, 6.45) is 8.75. The molecule has 0 aliphatic heterocycles. The van der Waals surface area contributed by atoms with Crippen LogP contribution in [0, 0.1) is 6.92 Å². The van der Waals surface area contributed by atoms with Gasteiger partial charge in [-0.25, -0.2) is 4.98 Å². The van der Waals surface area contributed by atoms with Crippen LogP contribution >= 0.6 is 27.3 Å². The Hall–Kier alpha value is -0.810. The van der Waals surface area contributed by atoms with Crippen molar-refractivity contribution in [3.63, 3.8) is 0 Å². The number of halogens is 1. The van der Waals surface area contributed by atoms with Crippen LogP contribution in [-0.2, 0) is 6.54 Å². The van der Waals surface area contributed by atoms with Crippen LogP contribution in [0.25, 0.3) is 0 Å². The normalized spacial score (nSPS) is 16.5. The van der Waals surface area contributed by atoms with E-state index in [2.05, 4.69) is 56.1 Å². The molecular weight excluding hydrogens is 334 g/mol. The molecule has 3 nitrogen and oxygen atoms in total. The molecule has 1 saturated carbocycles. The van der Waals surface area contributed by atoms with Gasteiger partial charge in [-0.1, -0.05) is 19.3 Å². The Kier molecular flexibility index (Phi) is 4.46. The molecule has 0 unspecified atom stereocenters. The van der Waals surface area contributed by atoms with Gasteiger partial charge in [0.1, 0.15) is 0 Å². The number of nitrogens with zero attached hydrogens (tertiary/aromatic N) is 2. The number of aromatic nitrogens is 2. The number of imidazole rings is 1. The lowest BCUT2D eigenvalue weighted by molar-refractivity contribution is 0.459. The largest absolute Gasteiger partial charge is 0.353 e. The van der Waals surface area contributed by atoms with E-state index in [-0.39, 0.29) is 0 Å². The first-order valence-corrected chi connectivity index (χ1v) is 8.86. The average molecular weight is 354 g/mol. The van der Waals surface area contributed by atoms with Gasteiger partial charge in [-0.3, -0.25) is 0 Å². The SMILES string of the molecule is Cc1cn(Cc2ccc(Br)s2)c(NC2CCCCC2)n1. The first-order chi connectivity index (χ1) is 9.70. The van der Waals surface area contributed by atoms with Crippen molar-refractivity contribution in [3.8, 4) is 0 Å². The first kappa shape index (κ1) is 14.1. The number of hydrogen-bond donors (Lipinski definition) is 1. The van der Waals surface area contributed by atoms with Crippen LogP contribution in [0.5, 0.6) is 0 Å². The van der Waals surface area contributed by atoms with Gasteiger partial charge in [-0.05, 0) is 47.8 Å². The molecule has 3 rings (SSSR count). The molecular formula is C15H20BrN3S. The summed E-state index contributed by atoms with van der Waals surface area (Å²) in [6, 6.07) is 4.88. The summed E-state index contributed by atoms with van der Waals surface area (Å²) < 4.78 is 3.42. The maximum Gasteiger partial charge on any atom is 0.203 e. The lowest BCUT2D eigenvalue weighted by Gasteiger charge is -2.23. The quantitative estimate of drug-likeness (QED) is 0.854. The Morgan fingerprint density at radius 3 is 2.85 bits per heavy atom. The van der Waals surface area contributed by atoms with Crippen LogP contribution in [0.4, 0.5) is 5.95 Å². The summed E-state index contributed by atoms with van der Waals surface area (Å²) in [4.78, 5) is 6.00. The molecule has 1 N–H and O–H groups in total. The maximum atomic E-state index is 4.65. The molecule has 5 heteroatoms. The number of nitrogens with one attached hydrogen (secondary N) is 1. The highest BCUT2D eigenvalue weighted by Crippen LogP contribution is 2.25. The highest BCUT2D eigenvalue weighted by molar-refractivity contribution is 9.11. The zero-order chi connectivity index (χ0) is 13.9. The second-order valence-electron chi connectivity index (χ2n) is 5.52.